The molecule has 0 fully saturated rings. The van der Waals surface area contributed by atoms with Crippen molar-refractivity contribution in [3.8, 4) is 11.3 Å². The van der Waals surface area contributed by atoms with Crippen LogP contribution in [0.1, 0.15) is 30.5 Å². The second kappa shape index (κ2) is 10.1. The molecule has 3 nitrogen and oxygen atoms in total. The molecule has 0 saturated carbocycles. The van der Waals surface area contributed by atoms with Gasteiger partial charge in [0.05, 0.1) is 5.76 Å². The molecular formula is C23H24IrNO2-. The van der Waals surface area contributed by atoms with Gasteiger partial charge in [0.1, 0.15) is 0 Å². The largest absolute Gasteiger partial charge is 0.512 e. The molecule has 0 bridgehead atoms. The first-order valence-electron chi connectivity index (χ1n) is 8.50. The number of benzene rings is 2. The summed E-state index contributed by atoms with van der Waals surface area (Å²) in [4.78, 5) is 14.6. The van der Waals surface area contributed by atoms with Crippen molar-refractivity contribution in [2.24, 2.45) is 0 Å². The van der Waals surface area contributed by atoms with Crippen molar-refractivity contribution in [3.05, 3.63) is 77.2 Å². The average molecular weight is 539 g/mol. The van der Waals surface area contributed by atoms with E-state index < -0.39 is 0 Å². The molecule has 0 aliphatic rings. The van der Waals surface area contributed by atoms with E-state index in [1.54, 1.807) is 0 Å². The fraction of sp³-hybridized carbons (Fsp3) is 0.217. The maximum atomic E-state index is 10.0. The molecule has 27 heavy (non-hydrogen) atoms. The Labute approximate surface area is 174 Å². The number of aliphatic hydroxyl groups is 1. The minimum Gasteiger partial charge on any atom is -0.512 e. The van der Waals surface area contributed by atoms with Gasteiger partial charge in [0.2, 0.25) is 0 Å². The molecule has 2 aromatic carbocycles. The van der Waals surface area contributed by atoms with Gasteiger partial charge in [0.25, 0.3) is 0 Å². The van der Waals surface area contributed by atoms with Gasteiger partial charge in [-0.15, -0.1) is 34.9 Å². The van der Waals surface area contributed by atoms with Crippen molar-refractivity contribution < 1.29 is 30.0 Å². The number of aliphatic hydroxyl groups excluding tert-OH is 1. The predicted molar refractivity (Wildman–Crippen MR) is 107 cm³/mol. The standard InChI is InChI=1S/C18H16N.C5H8O2.Ir/c1-12-4-5-15-6-7-19-18(17(15)11-12)16-9-13(2)8-14(3)10-16;1-4(6)3-5(2)7;/h4-9,11H,1-3H3;3,6H,1-2H3;/q-1;;/b;4-3-;. The predicted octanol–water partition coefficient (Wildman–Crippen LogP) is 5.66. The molecule has 0 aliphatic carbocycles. The number of hydrogen-bond donors (Lipinski definition) is 1. The summed E-state index contributed by atoms with van der Waals surface area (Å²) in [5.74, 6) is -0.0625. The quantitative estimate of drug-likeness (QED) is 0.260. The Morgan fingerprint density at radius 3 is 2.30 bits per heavy atom. The van der Waals surface area contributed by atoms with E-state index in [0.717, 1.165) is 16.8 Å². The van der Waals surface area contributed by atoms with Crippen molar-refractivity contribution in [1.29, 1.82) is 0 Å². The number of allylic oxidation sites excluding steroid dienone is 2. The summed E-state index contributed by atoms with van der Waals surface area (Å²) < 4.78 is 0. The second-order valence-electron chi connectivity index (χ2n) is 6.53. The van der Waals surface area contributed by atoms with Crippen LogP contribution >= 0.6 is 0 Å². The minimum atomic E-state index is -0.125. The number of carbonyl (C=O) groups is 1. The summed E-state index contributed by atoms with van der Waals surface area (Å²) in [6.45, 7) is 9.15. The normalized spacial score (nSPS) is 10.6. The van der Waals surface area contributed by atoms with Gasteiger partial charge in [-0.1, -0.05) is 37.6 Å². The third-order valence-corrected chi connectivity index (χ3v) is 3.74. The molecular weight excluding hydrogens is 514 g/mol. The SMILES string of the molecule is CC(=O)/C=C(/C)O.Cc1[c-]c(-c2nccc3ccc(C)cc23)cc(C)c1.[Ir]. The third-order valence-electron chi connectivity index (χ3n) is 3.74. The molecule has 3 rings (SSSR count). The van der Waals surface area contributed by atoms with Gasteiger partial charge >= 0.3 is 0 Å². The van der Waals surface area contributed by atoms with E-state index in [9.17, 15) is 4.79 Å². The van der Waals surface area contributed by atoms with E-state index in [-0.39, 0.29) is 31.6 Å². The number of pyridine rings is 1. The summed E-state index contributed by atoms with van der Waals surface area (Å²) in [6, 6.07) is 16.2. The van der Waals surface area contributed by atoms with Crippen LogP contribution in [0.2, 0.25) is 0 Å². The van der Waals surface area contributed by atoms with Crippen molar-refractivity contribution >= 4 is 16.6 Å². The van der Waals surface area contributed by atoms with E-state index in [1.807, 2.05) is 6.20 Å². The number of hydrogen-bond acceptors (Lipinski definition) is 3. The zero-order valence-electron chi connectivity index (χ0n) is 16.3. The third kappa shape index (κ3) is 6.74. The zero-order chi connectivity index (χ0) is 19.3. The molecule has 1 radical (unpaired) electrons. The summed E-state index contributed by atoms with van der Waals surface area (Å²) >= 11 is 0. The number of ketones is 1. The van der Waals surface area contributed by atoms with Crippen molar-refractivity contribution in [2.75, 3.05) is 0 Å². The van der Waals surface area contributed by atoms with Crippen LogP contribution < -0.4 is 0 Å². The fourth-order valence-corrected chi connectivity index (χ4v) is 2.81. The van der Waals surface area contributed by atoms with Crippen LogP contribution in [0.3, 0.4) is 0 Å². The minimum absolute atomic E-state index is 0. The molecule has 0 atom stereocenters. The molecule has 4 heteroatoms. The Hall–Kier alpha value is -2.29. The first kappa shape index (κ1) is 22.7. The monoisotopic (exact) mass is 539 g/mol. The Morgan fingerprint density at radius 2 is 1.74 bits per heavy atom. The van der Waals surface area contributed by atoms with Crippen LogP contribution in [0.15, 0.2) is 54.4 Å². The Kier molecular flexibility index (Phi) is 8.55. The number of fused-ring (bicyclic) bond motifs is 1. The molecule has 0 amide bonds. The van der Waals surface area contributed by atoms with Gasteiger partial charge in [-0.3, -0.25) is 4.79 Å². The summed E-state index contributed by atoms with van der Waals surface area (Å²) in [5, 5.41) is 10.8. The van der Waals surface area contributed by atoms with E-state index in [4.69, 9.17) is 5.11 Å². The first-order chi connectivity index (χ1) is 12.3. The Bertz CT molecular complexity index is 953. The summed E-state index contributed by atoms with van der Waals surface area (Å²) in [6.07, 6.45) is 3.04. The van der Waals surface area contributed by atoms with E-state index in [2.05, 4.69) is 68.2 Å². The van der Waals surface area contributed by atoms with Crippen LogP contribution in [-0.4, -0.2) is 15.9 Å². The average Bonchev–Trinajstić information content (AvgIpc) is 2.52. The van der Waals surface area contributed by atoms with Gasteiger partial charge in [-0.05, 0) is 43.3 Å². The van der Waals surface area contributed by atoms with Crippen molar-refractivity contribution in [1.82, 2.24) is 4.98 Å². The van der Waals surface area contributed by atoms with E-state index >= 15 is 0 Å². The van der Waals surface area contributed by atoms with Gasteiger partial charge in [0, 0.05) is 32.4 Å². The second-order valence-corrected chi connectivity index (χ2v) is 6.53. The van der Waals surface area contributed by atoms with Crippen LogP contribution in [0.25, 0.3) is 22.0 Å². The number of aryl methyl sites for hydroxylation is 3. The number of aromatic nitrogens is 1. The maximum absolute atomic E-state index is 10.0. The van der Waals surface area contributed by atoms with E-state index in [0.29, 0.717) is 0 Å². The molecule has 0 spiro atoms. The number of rotatable bonds is 2. The van der Waals surface area contributed by atoms with Gasteiger partial charge < -0.3 is 10.1 Å². The van der Waals surface area contributed by atoms with Crippen LogP contribution in [0, 0.1) is 26.8 Å². The van der Waals surface area contributed by atoms with Gasteiger partial charge in [-0.25, -0.2) is 0 Å². The van der Waals surface area contributed by atoms with Crippen LogP contribution in [-0.2, 0) is 24.9 Å². The molecule has 143 valence electrons. The smallest absolute Gasteiger partial charge is 0.155 e. The summed E-state index contributed by atoms with van der Waals surface area (Å²) in [7, 11) is 0. The first-order valence-corrected chi connectivity index (χ1v) is 8.50. The Balaban J connectivity index is 0.000000395. The molecule has 1 N–H and O–H groups in total. The Morgan fingerprint density at radius 1 is 1.04 bits per heavy atom. The fourth-order valence-electron chi connectivity index (χ4n) is 2.81. The zero-order valence-corrected chi connectivity index (χ0v) is 18.6. The topological polar surface area (TPSA) is 50.2 Å². The number of carbonyl (C=O) groups excluding carboxylic acids is 1. The number of nitrogens with zero attached hydrogens (tertiary/aromatic N) is 1. The van der Waals surface area contributed by atoms with Crippen LogP contribution in [0.5, 0.6) is 0 Å². The van der Waals surface area contributed by atoms with E-state index in [1.165, 1.54) is 41.8 Å². The maximum Gasteiger partial charge on any atom is 0.155 e. The molecule has 1 heterocycles. The molecule has 0 aliphatic heterocycles. The molecule has 0 saturated heterocycles. The molecule has 3 aromatic rings. The van der Waals surface area contributed by atoms with Crippen LogP contribution in [0.4, 0.5) is 0 Å². The van der Waals surface area contributed by atoms with Gasteiger partial charge in [-0.2, -0.15) is 0 Å². The van der Waals surface area contributed by atoms with Crippen molar-refractivity contribution in [3.63, 3.8) is 0 Å². The molecule has 1 aromatic heterocycles. The van der Waals surface area contributed by atoms with Gasteiger partial charge in [0.15, 0.2) is 5.78 Å². The summed E-state index contributed by atoms with van der Waals surface area (Å²) in [5.41, 5.74) is 5.76. The van der Waals surface area contributed by atoms with Crippen molar-refractivity contribution in [2.45, 2.75) is 34.6 Å². The molecule has 0 unspecified atom stereocenters.